The van der Waals surface area contributed by atoms with Crippen LogP contribution in [0.3, 0.4) is 0 Å². The lowest BCUT2D eigenvalue weighted by Crippen LogP contribution is -3.13. The first kappa shape index (κ1) is 22.2. The number of hydrogen-bond acceptors (Lipinski definition) is 3. The lowest BCUT2D eigenvalue weighted by molar-refractivity contribution is -0.948. The Balaban J connectivity index is 1.99. The summed E-state index contributed by atoms with van der Waals surface area (Å²) in [6, 6.07) is 13.0. The molecule has 2 N–H and O–H groups in total. The minimum absolute atomic E-state index is 0.00291. The van der Waals surface area contributed by atoms with Gasteiger partial charge in [-0.3, -0.25) is 4.79 Å². The van der Waals surface area contributed by atoms with Crippen LogP contribution < -0.4 is 19.7 Å². The zero-order valence-corrected chi connectivity index (χ0v) is 19.0. The van der Waals surface area contributed by atoms with Crippen LogP contribution in [-0.2, 0) is 17.8 Å². The molecule has 1 unspecified atom stereocenters. The average molecular weight is 412 g/mol. The van der Waals surface area contributed by atoms with Crippen molar-refractivity contribution < 1.29 is 19.2 Å². The second-order valence-corrected chi connectivity index (χ2v) is 8.66. The largest absolute Gasteiger partial charge is 0.493 e. The summed E-state index contributed by atoms with van der Waals surface area (Å²) < 4.78 is 11.1. The third-order valence-electron chi connectivity index (χ3n) is 6.04. The van der Waals surface area contributed by atoms with Gasteiger partial charge in [0.1, 0.15) is 12.6 Å². The average Bonchev–Trinajstić information content (AvgIpc) is 2.72. The number of methoxy groups -OCH3 is 2. The topological polar surface area (TPSA) is 52.0 Å². The number of carbonyl (C=O) groups excluding carboxylic acids is 1. The van der Waals surface area contributed by atoms with Gasteiger partial charge in [-0.25, -0.2) is 0 Å². The van der Waals surface area contributed by atoms with E-state index in [-0.39, 0.29) is 23.9 Å². The Morgan fingerprint density at radius 3 is 2.47 bits per heavy atom. The summed E-state index contributed by atoms with van der Waals surface area (Å²) in [5.74, 6) is 1.54. The van der Waals surface area contributed by atoms with E-state index in [1.54, 1.807) is 14.2 Å². The number of nitrogens with one attached hydrogen (secondary N) is 2. The molecule has 0 bridgehead atoms. The van der Waals surface area contributed by atoms with Crippen molar-refractivity contribution in [3.05, 3.63) is 58.7 Å². The molecule has 1 aliphatic rings. The first-order chi connectivity index (χ1) is 14.3. The fourth-order valence-corrected chi connectivity index (χ4v) is 4.49. The van der Waals surface area contributed by atoms with Crippen LogP contribution in [0.25, 0.3) is 0 Å². The Kier molecular flexibility index (Phi) is 7.03. The standard InChI is InChI=1S/C25H34N2O3/c1-16(2)25(28)26-18(4)24-21-14-23(30-6)22(29-5)13-20(21)10-11-27(24)15-19-9-7-8-17(3)12-19/h7-9,12-14,16,18,24H,10-11,15H2,1-6H3,(H,26,28)/p+1/t18-,24-/m1/s1. The SMILES string of the molecule is COc1cc2c(cc1OC)[C@@H]([C@@H](C)NC(=O)C(C)C)[NH+](Cc1cccc(C)c1)CC2. The van der Waals surface area contributed by atoms with E-state index in [2.05, 4.69) is 55.6 Å². The van der Waals surface area contributed by atoms with Crippen LogP contribution in [0.2, 0.25) is 0 Å². The molecule has 30 heavy (non-hydrogen) atoms. The van der Waals surface area contributed by atoms with E-state index < -0.39 is 0 Å². The van der Waals surface area contributed by atoms with Crippen molar-refractivity contribution in [3.8, 4) is 11.5 Å². The number of quaternary nitrogens is 1. The first-order valence-corrected chi connectivity index (χ1v) is 10.8. The number of benzene rings is 2. The lowest BCUT2D eigenvalue weighted by atomic mass is 9.87. The molecule has 0 aromatic heterocycles. The zero-order valence-electron chi connectivity index (χ0n) is 19.0. The minimum atomic E-state index is -0.0406. The molecule has 0 spiro atoms. The number of amides is 1. The molecule has 3 atom stereocenters. The molecule has 3 rings (SSSR count). The van der Waals surface area contributed by atoms with Crippen molar-refractivity contribution in [1.82, 2.24) is 5.32 Å². The van der Waals surface area contributed by atoms with E-state index in [0.29, 0.717) is 0 Å². The lowest BCUT2D eigenvalue weighted by Gasteiger charge is -2.38. The molecular formula is C25H35N2O3+. The van der Waals surface area contributed by atoms with Crippen molar-refractivity contribution in [2.75, 3.05) is 20.8 Å². The fourth-order valence-electron chi connectivity index (χ4n) is 4.49. The molecule has 5 nitrogen and oxygen atoms in total. The van der Waals surface area contributed by atoms with Crippen LogP contribution in [0.4, 0.5) is 0 Å². The van der Waals surface area contributed by atoms with Gasteiger partial charge < -0.3 is 19.7 Å². The van der Waals surface area contributed by atoms with E-state index >= 15 is 0 Å². The summed E-state index contributed by atoms with van der Waals surface area (Å²) in [5, 5.41) is 3.25. The smallest absolute Gasteiger partial charge is 0.222 e. The Hall–Kier alpha value is -2.53. The highest BCUT2D eigenvalue weighted by Gasteiger charge is 2.37. The van der Waals surface area contributed by atoms with E-state index in [1.807, 2.05) is 13.8 Å². The van der Waals surface area contributed by atoms with Crippen LogP contribution in [0.5, 0.6) is 11.5 Å². The first-order valence-electron chi connectivity index (χ1n) is 10.8. The number of aryl methyl sites for hydroxylation is 1. The summed E-state index contributed by atoms with van der Waals surface area (Å²) in [6.45, 7) is 10.0. The van der Waals surface area contributed by atoms with Gasteiger partial charge in [0, 0.05) is 23.5 Å². The third-order valence-corrected chi connectivity index (χ3v) is 6.04. The van der Waals surface area contributed by atoms with E-state index in [1.165, 1.54) is 27.2 Å². The van der Waals surface area contributed by atoms with E-state index in [9.17, 15) is 4.79 Å². The Morgan fingerprint density at radius 1 is 1.13 bits per heavy atom. The second kappa shape index (κ2) is 9.52. The normalized spacial score (nSPS) is 19.2. The molecule has 2 aromatic carbocycles. The van der Waals surface area contributed by atoms with E-state index in [0.717, 1.165) is 31.0 Å². The van der Waals surface area contributed by atoms with Crippen molar-refractivity contribution in [2.24, 2.45) is 5.92 Å². The molecule has 0 saturated heterocycles. The maximum absolute atomic E-state index is 12.5. The monoisotopic (exact) mass is 411 g/mol. The van der Waals surface area contributed by atoms with Crippen LogP contribution >= 0.6 is 0 Å². The van der Waals surface area contributed by atoms with Crippen LogP contribution in [-0.4, -0.2) is 32.7 Å². The molecule has 1 aliphatic heterocycles. The van der Waals surface area contributed by atoms with Crippen molar-refractivity contribution in [2.45, 2.75) is 52.7 Å². The molecule has 0 fully saturated rings. The molecule has 1 amide bonds. The van der Waals surface area contributed by atoms with Crippen LogP contribution in [0.15, 0.2) is 36.4 Å². The molecule has 5 heteroatoms. The number of rotatable bonds is 7. The fraction of sp³-hybridized carbons (Fsp3) is 0.480. The van der Waals surface area contributed by atoms with Crippen LogP contribution in [0.1, 0.15) is 49.1 Å². The maximum Gasteiger partial charge on any atom is 0.222 e. The van der Waals surface area contributed by atoms with Gasteiger partial charge >= 0.3 is 0 Å². The Labute approximate surface area is 180 Å². The van der Waals surface area contributed by atoms with Gasteiger partial charge in [-0.2, -0.15) is 0 Å². The minimum Gasteiger partial charge on any atom is -0.493 e. The maximum atomic E-state index is 12.5. The summed E-state index contributed by atoms with van der Waals surface area (Å²) in [7, 11) is 3.34. The molecule has 0 saturated carbocycles. The zero-order chi connectivity index (χ0) is 21.8. The number of carbonyl (C=O) groups is 1. The summed E-state index contributed by atoms with van der Waals surface area (Å²) >= 11 is 0. The Bertz CT molecular complexity index is 894. The van der Waals surface area contributed by atoms with Crippen LogP contribution in [0, 0.1) is 12.8 Å². The van der Waals surface area contributed by atoms with Gasteiger partial charge in [0.25, 0.3) is 0 Å². The molecule has 0 radical (unpaired) electrons. The quantitative estimate of drug-likeness (QED) is 0.737. The van der Waals surface area contributed by atoms with Crippen molar-refractivity contribution in [3.63, 3.8) is 0 Å². The molecule has 0 aliphatic carbocycles. The number of hydrogen-bond donors (Lipinski definition) is 2. The van der Waals surface area contributed by atoms with Gasteiger partial charge in [-0.15, -0.1) is 0 Å². The van der Waals surface area contributed by atoms with Gasteiger partial charge in [0.2, 0.25) is 5.91 Å². The predicted octanol–water partition coefficient (Wildman–Crippen LogP) is 2.86. The third kappa shape index (κ3) is 4.78. The second-order valence-electron chi connectivity index (χ2n) is 8.66. The van der Waals surface area contributed by atoms with E-state index in [4.69, 9.17) is 9.47 Å². The predicted molar refractivity (Wildman–Crippen MR) is 119 cm³/mol. The summed E-state index contributed by atoms with van der Waals surface area (Å²) in [4.78, 5) is 13.9. The van der Waals surface area contributed by atoms with Gasteiger partial charge in [-0.05, 0) is 31.5 Å². The van der Waals surface area contributed by atoms with Gasteiger partial charge in [0.05, 0.1) is 26.8 Å². The number of ether oxygens (including phenoxy) is 2. The summed E-state index contributed by atoms with van der Waals surface area (Å²) in [5.41, 5.74) is 5.10. The molecule has 162 valence electrons. The highest BCUT2D eigenvalue weighted by molar-refractivity contribution is 5.78. The molecule has 2 aromatic rings. The Morgan fingerprint density at radius 2 is 1.83 bits per heavy atom. The van der Waals surface area contributed by atoms with Gasteiger partial charge in [0.15, 0.2) is 11.5 Å². The highest BCUT2D eigenvalue weighted by atomic mass is 16.5. The molecule has 1 heterocycles. The van der Waals surface area contributed by atoms with Crippen molar-refractivity contribution >= 4 is 5.91 Å². The number of fused-ring (bicyclic) bond motifs is 1. The highest BCUT2D eigenvalue weighted by Crippen LogP contribution is 2.35. The van der Waals surface area contributed by atoms with Crippen molar-refractivity contribution in [1.29, 1.82) is 0 Å². The van der Waals surface area contributed by atoms with Gasteiger partial charge in [-0.1, -0.05) is 43.7 Å². The summed E-state index contributed by atoms with van der Waals surface area (Å²) in [6.07, 6.45) is 0.970. The molecular weight excluding hydrogens is 376 g/mol.